The van der Waals surface area contributed by atoms with Crippen LogP contribution >= 0.6 is 0 Å². The fourth-order valence-corrected chi connectivity index (χ4v) is 4.83. The third-order valence-corrected chi connectivity index (χ3v) is 6.92. The van der Waals surface area contributed by atoms with Crippen LogP contribution in [0.1, 0.15) is 44.2 Å². The van der Waals surface area contributed by atoms with Crippen molar-refractivity contribution < 1.29 is 13.3 Å². The molecule has 6 nitrogen and oxygen atoms in total. The number of H-pyrrole nitrogens is 1. The molecule has 0 spiro atoms. The van der Waals surface area contributed by atoms with Gasteiger partial charge in [0.15, 0.2) is 5.82 Å². The molecule has 3 aromatic carbocycles. The van der Waals surface area contributed by atoms with E-state index in [9.17, 15) is 13.6 Å². The average molecular weight is 529 g/mol. The number of aromatic nitrogens is 2. The Morgan fingerprint density at radius 3 is 2.51 bits per heavy atom. The van der Waals surface area contributed by atoms with Crippen LogP contribution in [-0.4, -0.2) is 26.9 Å². The number of nitrogens with zero attached hydrogens (tertiary/aromatic N) is 3. The molecule has 1 atom stereocenters. The van der Waals surface area contributed by atoms with Gasteiger partial charge in [-0.15, -0.1) is 0 Å². The predicted molar refractivity (Wildman–Crippen MR) is 148 cm³/mol. The van der Waals surface area contributed by atoms with E-state index in [0.29, 0.717) is 17.8 Å². The highest BCUT2D eigenvalue weighted by Gasteiger charge is 2.22. The fraction of sp³-hybridized carbons (Fsp3) is 0.258. The molecule has 200 valence electrons. The summed E-state index contributed by atoms with van der Waals surface area (Å²) in [5.41, 5.74) is 6.22. The zero-order valence-electron chi connectivity index (χ0n) is 22.0. The second kappa shape index (κ2) is 11.6. The number of halogens is 2. The molecule has 1 aliphatic rings. The molecule has 0 radical (unpaired) electrons. The minimum atomic E-state index is -0.597. The van der Waals surface area contributed by atoms with Gasteiger partial charge in [-0.1, -0.05) is 67.0 Å². The summed E-state index contributed by atoms with van der Waals surface area (Å²) in [5, 5.41) is 3.84. The lowest BCUT2D eigenvalue weighted by Gasteiger charge is -2.32. The number of aromatic amines is 1. The number of hydrogen-bond acceptors (Lipinski definition) is 5. The molecule has 5 rings (SSSR count). The summed E-state index contributed by atoms with van der Waals surface area (Å²) in [6.45, 7) is 4.37. The van der Waals surface area contributed by atoms with E-state index in [2.05, 4.69) is 35.4 Å². The maximum atomic E-state index is 14.4. The van der Waals surface area contributed by atoms with E-state index in [0.717, 1.165) is 58.9 Å². The molecular weight excluding hydrogens is 498 g/mol. The lowest BCUT2D eigenvalue weighted by molar-refractivity contribution is 0.282. The molecule has 1 aromatic heterocycles. The first kappa shape index (κ1) is 26.3. The predicted octanol–water partition coefficient (Wildman–Crippen LogP) is 6.89. The molecule has 2 heterocycles. The average Bonchev–Trinajstić information content (AvgIpc) is 3.38. The van der Waals surface area contributed by atoms with Crippen molar-refractivity contribution in [3.8, 4) is 22.5 Å². The van der Waals surface area contributed by atoms with E-state index in [4.69, 9.17) is 9.52 Å². The number of nitrogens with one attached hydrogen (secondary N) is 1. The number of aliphatic imine (C=N–C) groups is 1. The minimum absolute atomic E-state index is 0.176. The lowest BCUT2D eigenvalue weighted by Crippen LogP contribution is -2.33. The maximum absolute atomic E-state index is 14.4. The molecule has 4 aromatic rings. The van der Waals surface area contributed by atoms with Gasteiger partial charge in [0.1, 0.15) is 17.8 Å². The molecule has 0 amide bonds. The molecule has 1 unspecified atom stereocenters. The molecule has 1 N–H and O–H groups in total. The van der Waals surface area contributed by atoms with Gasteiger partial charge in [-0.25, -0.2) is 13.6 Å². The zero-order chi connectivity index (χ0) is 27.4. The van der Waals surface area contributed by atoms with Gasteiger partial charge in [0.05, 0.1) is 0 Å². The second-order valence-corrected chi connectivity index (χ2v) is 9.74. The zero-order valence-corrected chi connectivity index (χ0v) is 22.0. The second-order valence-electron chi connectivity index (χ2n) is 9.74. The minimum Gasteiger partial charge on any atom is -0.351 e. The van der Waals surface area contributed by atoms with Crippen molar-refractivity contribution in [1.82, 2.24) is 15.0 Å². The molecule has 0 bridgehead atoms. The van der Waals surface area contributed by atoms with Gasteiger partial charge in [0.2, 0.25) is 0 Å². The SMILES string of the molecule is CCCCC1=NC(C)N(Cc2cc(F)ccc2F)C=C1Cc1ccc(-c2ccccc2-c2noc(=O)[nH]2)cc1. The fourth-order valence-electron chi connectivity index (χ4n) is 4.83. The van der Waals surface area contributed by atoms with Crippen molar-refractivity contribution in [2.45, 2.75) is 52.2 Å². The van der Waals surface area contributed by atoms with Gasteiger partial charge in [-0.2, -0.15) is 0 Å². The van der Waals surface area contributed by atoms with Crippen LogP contribution in [0.25, 0.3) is 22.5 Å². The van der Waals surface area contributed by atoms with Crippen LogP contribution in [0.5, 0.6) is 0 Å². The van der Waals surface area contributed by atoms with E-state index < -0.39 is 17.4 Å². The number of allylic oxidation sites excluding steroid dienone is 1. The van der Waals surface area contributed by atoms with Crippen molar-refractivity contribution in [2.75, 3.05) is 0 Å². The van der Waals surface area contributed by atoms with Gasteiger partial charge in [0.25, 0.3) is 0 Å². The van der Waals surface area contributed by atoms with Crippen molar-refractivity contribution in [1.29, 1.82) is 0 Å². The summed E-state index contributed by atoms with van der Waals surface area (Å²) in [6.07, 6.45) is 5.50. The molecular formula is C31H30F2N4O2. The molecule has 8 heteroatoms. The molecule has 39 heavy (non-hydrogen) atoms. The van der Waals surface area contributed by atoms with Gasteiger partial charge in [-0.3, -0.25) is 14.5 Å². The number of unbranched alkanes of at least 4 members (excludes halogenated alkanes) is 1. The van der Waals surface area contributed by atoms with Crippen LogP contribution in [0.3, 0.4) is 0 Å². The highest BCUT2D eigenvalue weighted by atomic mass is 19.1. The lowest BCUT2D eigenvalue weighted by atomic mass is 9.94. The normalized spacial score (nSPS) is 15.3. The standard InChI is InChI=1S/C31H30F2N4O2/c1-3-4-9-29-24(19-37(20(2)34-29)18-23-17-25(32)14-15-28(23)33)16-21-10-12-22(13-11-21)26-7-5-6-8-27(26)30-35-31(38)39-36-30/h5-8,10-15,17,19-20H,3-4,9,16,18H2,1-2H3,(H,35,36,38). The Morgan fingerprint density at radius 2 is 1.79 bits per heavy atom. The molecule has 1 aliphatic heterocycles. The summed E-state index contributed by atoms with van der Waals surface area (Å²) in [7, 11) is 0. The first-order valence-electron chi connectivity index (χ1n) is 13.1. The van der Waals surface area contributed by atoms with Crippen LogP contribution in [0.2, 0.25) is 0 Å². The monoisotopic (exact) mass is 528 g/mol. The Morgan fingerprint density at radius 1 is 1.03 bits per heavy atom. The Kier molecular flexibility index (Phi) is 7.81. The van der Waals surface area contributed by atoms with Gasteiger partial charge in [0, 0.05) is 36.0 Å². The summed E-state index contributed by atoms with van der Waals surface area (Å²) in [4.78, 5) is 21.0. The van der Waals surface area contributed by atoms with Crippen LogP contribution < -0.4 is 5.76 Å². The Labute approximate surface area is 225 Å². The maximum Gasteiger partial charge on any atom is 0.439 e. The van der Waals surface area contributed by atoms with Crippen LogP contribution in [0.4, 0.5) is 8.78 Å². The van der Waals surface area contributed by atoms with Gasteiger partial charge >= 0.3 is 5.76 Å². The first-order valence-corrected chi connectivity index (χ1v) is 13.1. The van der Waals surface area contributed by atoms with Crippen molar-refractivity contribution in [3.05, 3.63) is 112 Å². The quantitative estimate of drug-likeness (QED) is 0.257. The number of hydrogen-bond donors (Lipinski definition) is 1. The van der Waals surface area contributed by atoms with Crippen molar-refractivity contribution in [2.24, 2.45) is 4.99 Å². The van der Waals surface area contributed by atoms with Crippen molar-refractivity contribution >= 4 is 5.71 Å². The molecule has 0 saturated carbocycles. The molecule has 0 aliphatic carbocycles. The largest absolute Gasteiger partial charge is 0.439 e. The smallest absolute Gasteiger partial charge is 0.351 e. The highest BCUT2D eigenvalue weighted by Crippen LogP contribution is 2.31. The van der Waals surface area contributed by atoms with E-state index in [1.54, 1.807) is 0 Å². The first-order chi connectivity index (χ1) is 18.9. The Balaban J connectivity index is 1.40. The van der Waals surface area contributed by atoms with Crippen LogP contribution in [-0.2, 0) is 13.0 Å². The van der Waals surface area contributed by atoms with E-state index in [-0.39, 0.29) is 12.7 Å². The molecule has 0 saturated heterocycles. The van der Waals surface area contributed by atoms with Gasteiger partial charge < -0.3 is 4.90 Å². The molecule has 0 fully saturated rings. The third kappa shape index (κ3) is 6.06. The third-order valence-electron chi connectivity index (χ3n) is 6.92. The van der Waals surface area contributed by atoms with Crippen molar-refractivity contribution in [3.63, 3.8) is 0 Å². The van der Waals surface area contributed by atoms with E-state index in [1.165, 1.54) is 12.1 Å². The topological polar surface area (TPSA) is 74.5 Å². The summed E-state index contributed by atoms with van der Waals surface area (Å²) < 4.78 is 32.9. The van der Waals surface area contributed by atoms with Gasteiger partial charge in [-0.05, 0) is 60.2 Å². The Bertz CT molecular complexity index is 1570. The van der Waals surface area contributed by atoms with E-state index in [1.807, 2.05) is 48.2 Å². The van der Waals surface area contributed by atoms with Crippen LogP contribution in [0, 0.1) is 11.6 Å². The number of benzene rings is 3. The summed E-state index contributed by atoms with van der Waals surface area (Å²) in [5.74, 6) is -1.10. The number of rotatable bonds is 9. The van der Waals surface area contributed by atoms with E-state index >= 15 is 0 Å². The van der Waals surface area contributed by atoms with Crippen LogP contribution in [0.15, 0.2) is 92.8 Å². The summed E-state index contributed by atoms with van der Waals surface area (Å²) in [6, 6.07) is 19.5. The highest BCUT2D eigenvalue weighted by molar-refractivity contribution is 6.01. The summed E-state index contributed by atoms with van der Waals surface area (Å²) >= 11 is 0. The Hall–Kier alpha value is -4.33.